The molecule has 1 atom stereocenters. The van der Waals surface area contributed by atoms with E-state index < -0.39 is 6.10 Å². The lowest BCUT2D eigenvalue weighted by Crippen LogP contribution is -1.93. The van der Waals surface area contributed by atoms with Gasteiger partial charge in [0.15, 0.2) is 5.76 Å². The monoisotopic (exact) mass is 381 g/mol. The minimum atomic E-state index is -0.904. The molecule has 0 saturated heterocycles. The summed E-state index contributed by atoms with van der Waals surface area (Å²) in [6, 6.07) is 15.0. The van der Waals surface area contributed by atoms with Crippen LogP contribution in [0.15, 0.2) is 57.6 Å². The molecule has 6 nitrogen and oxygen atoms in total. The normalized spacial score (nSPS) is 12.3. The van der Waals surface area contributed by atoms with Crippen LogP contribution in [-0.4, -0.2) is 20.4 Å². The van der Waals surface area contributed by atoms with Crippen LogP contribution in [0.2, 0.25) is 5.02 Å². The van der Waals surface area contributed by atoms with Crippen molar-refractivity contribution in [2.24, 2.45) is 0 Å². The van der Waals surface area contributed by atoms with Crippen LogP contribution in [0.3, 0.4) is 0 Å². The van der Waals surface area contributed by atoms with E-state index in [9.17, 15) is 5.11 Å². The Morgan fingerprint density at radius 1 is 1.00 bits per heavy atom. The molecule has 2 aromatic carbocycles. The fraction of sp³-hybridized carbons (Fsp3) is 0.150. The Balaban J connectivity index is 1.85. The number of aryl methyl sites for hydroxylation is 1. The van der Waals surface area contributed by atoms with Crippen molar-refractivity contribution in [3.63, 3.8) is 0 Å². The zero-order valence-electron chi connectivity index (χ0n) is 14.7. The van der Waals surface area contributed by atoms with Crippen LogP contribution in [0.25, 0.3) is 34.1 Å². The van der Waals surface area contributed by atoms with Gasteiger partial charge in [-0.1, -0.05) is 69.9 Å². The Morgan fingerprint density at radius 2 is 1.74 bits per heavy atom. The van der Waals surface area contributed by atoms with Gasteiger partial charge in [-0.25, -0.2) is 0 Å². The van der Waals surface area contributed by atoms with Gasteiger partial charge >= 0.3 is 0 Å². The van der Waals surface area contributed by atoms with E-state index in [1.165, 1.54) is 0 Å². The van der Waals surface area contributed by atoms with Crippen molar-refractivity contribution in [1.29, 1.82) is 0 Å². The van der Waals surface area contributed by atoms with Crippen molar-refractivity contribution in [2.75, 3.05) is 0 Å². The maximum absolute atomic E-state index is 10.1. The van der Waals surface area contributed by atoms with Gasteiger partial charge < -0.3 is 14.2 Å². The van der Waals surface area contributed by atoms with Crippen molar-refractivity contribution in [3.05, 3.63) is 64.9 Å². The molecule has 0 spiro atoms. The van der Waals surface area contributed by atoms with Crippen LogP contribution in [0, 0.1) is 6.92 Å². The SMILES string of the molecule is Cc1ccc(-c2noc(-c3c(-c4ccccc4Cl)noc3C(C)O)n2)cc1. The van der Waals surface area contributed by atoms with E-state index in [2.05, 4.69) is 15.3 Å². The number of rotatable bonds is 4. The highest BCUT2D eigenvalue weighted by Gasteiger charge is 2.28. The van der Waals surface area contributed by atoms with Crippen molar-refractivity contribution in [1.82, 2.24) is 15.3 Å². The number of aliphatic hydroxyl groups excluding tert-OH is 1. The second-order valence-electron chi connectivity index (χ2n) is 6.22. The van der Waals surface area contributed by atoms with Crippen LogP contribution < -0.4 is 0 Å². The lowest BCUT2D eigenvalue weighted by atomic mass is 10.0. The molecule has 0 bridgehead atoms. The molecular formula is C20H16ClN3O3. The maximum atomic E-state index is 10.1. The van der Waals surface area contributed by atoms with Crippen LogP contribution in [0.5, 0.6) is 0 Å². The second kappa shape index (κ2) is 6.98. The summed E-state index contributed by atoms with van der Waals surface area (Å²) in [4.78, 5) is 4.48. The summed E-state index contributed by atoms with van der Waals surface area (Å²) in [5, 5.41) is 18.7. The number of nitrogens with zero attached hydrogens (tertiary/aromatic N) is 3. The molecule has 0 amide bonds. The Labute approximate surface area is 160 Å². The van der Waals surface area contributed by atoms with E-state index >= 15 is 0 Å². The molecule has 0 aliphatic heterocycles. The smallest absolute Gasteiger partial charge is 0.264 e. The van der Waals surface area contributed by atoms with Gasteiger partial charge in [-0.2, -0.15) is 4.98 Å². The molecule has 0 radical (unpaired) electrons. The summed E-state index contributed by atoms with van der Waals surface area (Å²) in [5.41, 5.74) is 3.49. The topological polar surface area (TPSA) is 85.2 Å². The highest BCUT2D eigenvalue weighted by molar-refractivity contribution is 6.33. The highest BCUT2D eigenvalue weighted by Crippen LogP contribution is 2.39. The van der Waals surface area contributed by atoms with E-state index in [-0.39, 0.29) is 11.7 Å². The minimum absolute atomic E-state index is 0.206. The van der Waals surface area contributed by atoms with Gasteiger partial charge in [0.05, 0.1) is 5.02 Å². The van der Waals surface area contributed by atoms with Crippen molar-refractivity contribution in [2.45, 2.75) is 20.0 Å². The molecule has 4 rings (SSSR count). The molecule has 1 unspecified atom stereocenters. The Bertz CT molecular complexity index is 1080. The molecule has 4 aromatic rings. The molecule has 7 heteroatoms. The number of hydrogen-bond acceptors (Lipinski definition) is 6. The second-order valence-corrected chi connectivity index (χ2v) is 6.62. The fourth-order valence-electron chi connectivity index (χ4n) is 2.78. The fourth-order valence-corrected chi connectivity index (χ4v) is 3.00. The van der Waals surface area contributed by atoms with Crippen molar-refractivity contribution >= 4 is 11.6 Å². The molecule has 136 valence electrons. The average molecular weight is 382 g/mol. The molecule has 0 fully saturated rings. The van der Waals surface area contributed by atoms with Crippen LogP contribution in [0.1, 0.15) is 24.4 Å². The highest BCUT2D eigenvalue weighted by atomic mass is 35.5. The van der Waals surface area contributed by atoms with E-state index in [4.69, 9.17) is 20.6 Å². The first-order valence-electron chi connectivity index (χ1n) is 8.38. The standard InChI is InChI=1S/C20H16ClN3O3/c1-11-7-9-13(10-8-11)19-22-20(27-24-19)16-17(23-26-18(16)12(2)25)14-5-3-4-6-15(14)21/h3-10,12,25H,1-2H3. The van der Waals surface area contributed by atoms with E-state index in [1.807, 2.05) is 49.4 Å². The van der Waals surface area contributed by atoms with Gasteiger partial charge in [-0.15, -0.1) is 0 Å². The van der Waals surface area contributed by atoms with Crippen molar-refractivity contribution < 1.29 is 14.2 Å². The summed E-state index contributed by atoms with van der Waals surface area (Å²) in [6.07, 6.45) is -0.904. The van der Waals surface area contributed by atoms with Gasteiger partial charge in [0.2, 0.25) is 5.82 Å². The Hall–Kier alpha value is -2.96. The third-order valence-electron chi connectivity index (χ3n) is 4.18. The largest absolute Gasteiger partial charge is 0.385 e. The molecule has 0 saturated carbocycles. The average Bonchev–Trinajstić information content (AvgIpc) is 3.29. The summed E-state index contributed by atoms with van der Waals surface area (Å²) in [6.45, 7) is 3.59. The minimum Gasteiger partial charge on any atom is -0.385 e. The Kier molecular flexibility index (Phi) is 4.51. The summed E-state index contributed by atoms with van der Waals surface area (Å²) >= 11 is 6.31. The molecule has 2 heterocycles. The number of aliphatic hydroxyl groups is 1. The van der Waals surface area contributed by atoms with E-state index in [1.54, 1.807) is 13.0 Å². The number of aromatic nitrogens is 3. The molecule has 2 aromatic heterocycles. The quantitative estimate of drug-likeness (QED) is 0.531. The lowest BCUT2D eigenvalue weighted by Gasteiger charge is -2.03. The molecule has 0 aliphatic carbocycles. The molecule has 27 heavy (non-hydrogen) atoms. The van der Waals surface area contributed by atoms with Gasteiger partial charge in [-0.05, 0) is 19.9 Å². The molecule has 0 aliphatic rings. The number of benzene rings is 2. The first-order chi connectivity index (χ1) is 13.0. The van der Waals surface area contributed by atoms with Gasteiger partial charge in [0.1, 0.15) is 17.4 Å². The van der Waals surface area contributed by atoms with Gasteiger partial charge in [-0.3, -0.25) is 0 Å². The maximum Gasteiger partial charge on any atom is 0.264 e. The van der Waals surface area contributed by atoms with Crippen LogP contribution in [0.4, 0.5) is 0 Å². The number of hydrogen-bond donors (Lipinski definition) is 1. The summed E-state index contributed by atoms with van der Waals surface area (Å²) in [5.74, 6) is 0.884. The zero-order chi connectivity index (χ0) is 19.0. The predicted octanol–water partition coefficient (Wildman–Crippen LogP) is 5.07. The Morgan fingerprint density at radius 3 is 2.44 bits per heavy atom. The van der Waals surface area contributed by atoms with Gasteiger partial charge in [0.25, 0.3) is 5.89 Å². The third kappa shape index (κ3) is 3.25. The van der Waals surface area contributed by atoms with E-state index in [0.717, 1.165) is 11.1 Å². The van der Waals surface area contributed by atoms with Crippen molar-refractivity contribution in [3.8, 4) is 34.1 Å². The first kappa shape index (κ1) is 17.5. The first-order valence-corrected chi connectivity index (χ1v) is 8.76. The summed E-state index contributed by atoms with van der Waals surface area (Å²) < 4.78 is 10.8. The van der Waals surface area contributed by atoms with Crippen LogP contribution in [-0.2, 0) is 0 Å². The molecular weight excluding hydrogens is 366 g/mol. The third-order valence-corrected chi connectivity index (χ3v) is 4.51. The van der Waals surface area contributed by atoms with E-state index in [0.29, 0.717) is 27.7 Å². The molecule has 1 N–H and O–H groups in total. The lowest BCUT2D eigenvalue weighted by molar-refractivity contribution is 0.158. The zero-order valence-corrected chi connectivity index (χ0v) is 15.4. The van der Waals surface area contributed by atoms with Gasteiger partial charge in [0, 0.05) is 11.1 Å². The predicted molar refractivity (Wildman–Crippen MR) is 101 cm³/mol. The summed E-state index contributed by atoms with van der Waals surface area (Å²) in [7, 11) is 0. The number of halogens is 1. The van der Waals surface area contributed by atoms with Crippen LogP contribution >= 0.6 is 11.6 Å².